The average Bonchev–Trinajstić information content (AvgIpc) is 3.17. The quantitative estimate of drug-likeness (QED) is 0.0237. The number of allylic oxidation sites excluding steroid dienone is 8. The third-order valence-corrected chi connectivity index (χ3v) is 9.91. The van der Waals surface area contributed by atoms with Crippen LogP contribution in [0.5, 0.6) is 0 Å². The maximum Gasteiger partial charge on any atom is 0.472 e. The molecule has 0 heterocycles. The Balaban J connectivity index is 4.42. The molecule has 55 heavy (non-hydrogen) atoms. The van der Waals surface area contributed by atoms with Gasteiger partial charge < -0.3 is 24.6 Å². The van der Waals surface area contributed by atoms with Crippen LogP contribution in [0, 0.1) is 0 Å². The summed E-state index contributed by atoms with van der Waals surface area (Å²) in [4.78, 5) is 34.9. The number of hydrogen-bond acceptors (Lipinski definition) is 9. The summed E-state index contributed by atoms with van der Waals surface area (Å²) in [6, 6.07) is 0. The largest absolute Gasteiger partial charge is 0.472 e. The van der Waals surface area contributed by atoms with E-state index >= 15 is 0 Å². The maximum absolute atomic E-state index is 12.6. The van der Waals surface area contributed by atoms with E-state index in [2.05, 4.69) is 60.9 Å². The van der Waals surface area contributed by atoms with Gasteiger partial charge in [0, 0.05) is 12.8 Å². The topological polar surface area (TPSA) is 149 Å². The van der Waals surface area contributed by atoms with E-state index in [-0.39, 0.29) is 19.4 Å². The molecule has 0 aromatic rings. The standard InChI is InChI=1S/C44H79O10P/c1-3-5-7-9-11-13-15-17-19-20-22-24-26-28-30-32-34-36-44(48)54-42(40-53-55(49,50)52-38-41(46)37-45)39-51-43(47)35-33-31-29-27-25-23-21-18-16-14-12-10-8-6-4-2/h17,19,22-25,28,30,41-42,45-46H,3-16,18,20-21,26-27,29,31-40H2,1-2H3,(H,49,50)/b19-17+,24-22+,25-23+,30-28+/t41-,42+/m0/s1. The van der Waals surface area contributed by atoms with E-state index < -0.39 is 51.8 Å². The lowest BCUT2D eigenvalue weighted by Crippen LogP contribution is -2.29. The van der Waals surface area contributed by atoms with Crippen molar-refractivity contribution in [1.29, 1.82) is 0 Å². The highest BCUT2D eigenvalue weighted by molar-refractivity contribution is 7.47. The second-order valence-corrected chi connectivity index (χ2v) is 15.8. The van der Waals surface area contributed by atoms with Crippen molar-refractivity contribution >= 4 is 19.8 Å². The number of hydrogen-bond donors (Lipinski definition) is 3. The molecule has 0 aliphatic rings. The van der Waals surface area contributed by atoms with Crippen LogP contribution < -0.4 is 0 Å². The van der Waals surface area contributed by atoms with Crippen molar-refractivity contribution in [1.82, 2.24) is 0 Å². The molecule has 0 saturated carbocycles. The SMILES string of the molecule is CCCCCCCC/C=C/C/C=C/C/C=C/CCCC(=O)O[C@H](COC(=O)CCCCC/C=C/CCCCCCCCCC)COP(=O)(O)OC[C@@H](O)CO. The van der Waals surface area contributed by atoms with Gasteiger partial charge >= 0.3 is 19.8 Å². The Kier molecular flexibility index (Phi) is 38.6. The molecular formula is C44H79O10P. The summed E-state index contributed by atoms with van der Waals surface area (Å²) in [7, 11) is -4.63. The molecule has 0 spiro atoms. The minimum absolute atomic E-state index is 0.109. The first-order chi connectivity index (χ1) is 26.7. The van der Waals surface area contributed by atoms with Crippen LogP contribution in [0.15, 0.2) is 48.6 Å². The van der Waals surface area contributed by atoms with Crippen LogP contribution in [0.25, 0.3) is 0 Å². The zero-order valence-corrected chi connectivity index (χ0v) is 35.5. The maximum atomic E-state index is 12.6. The number of phosphoric acid groups is 1. The van der Waals surface area contributed by atoms with Gasteiger partial charge in [0.25, 0.3) is 0 Å². The molecule has 0 amide bonds. The average molecular weight is 799 g/mol. The smallest absolute Gasteiger partial charge is 0.462 e. The molecule has 0 radical (unpaired) electrons. The monoisotopic (exact) mass is 799 g/mol. The highest BCUT2D eigenvalue weighted by Crippen LogP contribution is 2.43. The van der Waals surface area contributed by atoms with Gasteiger partial charge in [-0.1, -0.05) is 146 Å². The first-order valence-corrected chi connectivity index (χ1v) is 23.1. The number of rotatable bonds is 40. The Labute approximate surface area is 334 Å². The van der Waals surface area contributed by atoms with Gasteiger partial charge in [-0.25, -0.2) is 4.57 Å². The molecule has 0 bridgehead atoms. The van der Waals surface area contributed by atoms with E-state index in [0.29, 0.717) is 19.3 Å². The molecule has 3 N–H and O–H groups in total. The highest BCUT2D eigenvalue weighted by Gasteiger charge is 2.27. The first-order valence-electron chi connectivity index (χ1n) is 21.6. The Morgan fingerprint density at radius 2 is 0.964 bits per heavy atom. The summed E-state index contributed by atoms with van der Waals surface area (Å²) in [6.07, 6.45) is 42.3. The number of aliphatic hydroxyl groups is 2. The summed E-state index contributed by atoms with van der Waals surface area (Å²) < 4.78 is 32.6. The van der Waals surface area contributed by atoms with E-state index in [0.717, 1.165) is 44.9 Å². The van der Waals surface area contributed by atoms with Gasteiger partial charge in [-0.3, -0.25) is 18.6 Å². The lowest BCUT2D eigenvalue weighted by molar-refractivity contribution is -0.161. The van der Waals surface area contributed by atoms with Crippen molar-refractivity contribution in [2.24, 2.45) is 0 Å². The van der Waals surface area contributed by atoms with Crippen molar-refractivity contribution in [3.63, 3.8) is 0 Å². The number of aliphatic hydroxyl groups excluding tert-OH is 2. The normalized spacial score (nSPS) is 14.3. The van der Waals surface area contributed by atoms with Crippen molar-refractivity contribution < 1.29 is 47.8 Å². The fraction of sp³-hybridized carbons (Fsp3) is 0.773. The summed E-state index contributed by atoms with van der Waals surface area (Å²) in [5.41, 5.74) is 0. The molecule has 0 aromatic carbocycles. The van der Waals surface area contributed by atoms with Crippen LogP contribution in [0.4, 0.5) is 0 Å². The molecule has 320 valence electrons. The number of esters is 2. The minimum atomic E-state index is -4.63. The summed E-state index contributed by atoms with van der Waals surface area (Å²) in [5, 5.41) is 18.3. The molecule has 0 saturated heterocycles. The number of phosphoric ester groups is 1. The van der Waals surface area contributed by atoms with Crippen LogP contribution in [-0.4, -0.2) is 65.7 Å². The van der Waals surface area contributed by atoms with Crippen LogP contribution in [-0.2, 0) is 32.7 Å². The van der Waals surface area contributed by atoms with Gasteiger partial charge in [0.15, 0.2) is 6.10 Å². The van der Waals surface area contributed by atoms with Crippen LogP contribution in [0.1, 0.15) is 181 Å². The molecule has 0 aliphatic heterocycles. The Hall–Kier alpha value is -2.07. The molecular weight excluding hydrogens is 719 g/mol. The van der Waals surface area contributed by atoms with E-state index in [1.54, 1.807) is 0 Å². The minimum Gasteiger partial charge on any atom is -0.462 e. The van der Waals surface area contributed by atoms with Gasteiger partial charge in [-0.2, -0.15) is 0 Å². The number of carbonyl (C=O) groups is 2. The third-order valence-electron chi connectivity index (χ3n) is 8.96. The highest BCUT2D eigenvalue weighted by atomic mass is 31.2. The number of unbranched alkanes of at least 4 members (excludes halogenated alkanes) is 18. The van der Waals surface area contributed by atoms with E-state index in [1.807, 2.05) is 6.08 Å². The van der Waals surface area contributed by atoms with Crippen molar-refractivity contribution in [2.45, 2.75) is 193 Å². The fourth-order valence-electron chi connectivity index (χ4n) is 5.59. The van der Waals surface area contributed by atoms with Gasteiger partial charge in [0.1, 0.15) is 12.7 Å². The zero-order chi connectivity index (χ0) is 40.5. The Bertz CT molecular complexity index is 1060. The number of ether oxygens (including phenoxy) is 2. The second kappa shape index (κ2) is 40.1. The van der Waals surface area contributed by atoms with Gasteiger partial charge in [0.2, 0.25) is 0 Å². The van der Waals surface area contributed by atoms with Gasteiger partial charge in [-0.15, -0.1) is 0 Å². The van der Waals surface area contributed by atoms with Crippen LogP contribution >= 0.6 is 7.82 Å². The van der Waals surface area contributed by atoms with Crippen molar-refractivity contribution in [3.05, 3.63) is 48.6 Å². The molecule has 0 aromatic heterocycles. The Morgan fingerprint density at radius 3 is 1.49 bits per heavy atom. The second-order valence-electron chi connectivity index (χ2n) is 14.4. The predicted molar refractivity (Wildman–Crippen MR) is 224 cm³/mol. The van der Waals surface area contributed by atoms with E-state index in [4.69, 9.17) is 19.1 Å². The zero-order valence-electron chi connectivity index (χ0n) is 34.6. The predicted octanol–water partition coefficient (Wildman–Crippen LogP) is 11.3. The molecule has 10 nitrogen and oxygen atoms in total. The Morgan fingerprint density at radius 1 is 0.545 bits per heavy atom. The lowest BCUT2D eigenvalue weighted by atomic mass is 10.1. The molecule has 0 fully saturated rings. The summed E-state index contributed by atoms with van der Waals surface area (Å²) >= 11 is 0. The number of carbonyl (C=O) groups excluding carboxylic acids is 2. The van der Waals surface area contributed by atoms with Gasteiger partial charge in [0.05, 0.1) is 19.8 Å². The molecule has 0 aliphatic carbocycles. The van der Waals surface area contributed by atoms with Crippen molar-refractivity contribution in [2.75, 3.05) is 26.4 Å². The van der Waals surface area contributed by atoms with Crippen LogP contribution in [0.2, 0.25) is 0 Å². The van der Waals surface area contributed by atoms with Crippen LogP contribution in [0.3, 0.4) is 0 Å². The van der Waals surface area contributed by atoms with E-state index in [1.165, 1.54) is 89.9 Å². The third kappa shape index (κ3) is 39.9. The molecule has 0 rings (SSSR count). The molecule has 1 unspecified atom stereocenters. The molecule has 3 atom stereocenters. The molecule has 11 heteroatoms. The first kappa shape index (κ1) is 52.9. The fourth-order valence-corrected chi connectivity index (χ4v) is 6.38. The van der Waals surface area contributed by atoms with E-state index in [9.17, 15) is 24.2 Å². The van der Waals surface area contributed by atoms with Gasteiger partial charge in [-0.05, 0) is 70.6 Å². The summed E-state index contributed by atoms with van der Waals surface area (Å²) in [5.74, 6) is -1.00. The lowest BCUT2D eigenvalue weighted by Gasteiger charge is -2.20. The summed E-state index contributed by atoms with van der Waals surface area (Å²) in [6.45, 7) is 2.29. The van der Waals surface area contributed by atoms with Crippen molar-refractivity contribution in [3.8, 4) is 0 Å².